The van der Waals surface area contributed by atoms with Gasteiger partial charge in [0, 0.05) is 44.8 Å². The fourth-order valence-electron chi connectivity index (χ4n) is 4.10. The molecule has 1 aliphatic heterocycles. The zero-order valence-electron chi connectivity index (χ0n) is 20.9. The molecule has 2 heterocycles. The zero-order chi connectivity index (χ0) is 26.9. The maximum atomic E-state index is 12.4. The normalized spacial score (nSPS) is 14.3. The summed E-state index contributed by atoms with van der Waals surface area (Å²) in [5, 5.41) is 24.3. The first-order chi connectivity index (χ1) is 18.4. The van der Waals surface area contributed by atoms with Crippen LogP contribution in [0.15, 0.2) is 54.9 Å². The lowest BCUT2D eigenvalue weighted by atomic mass is 10.0. The molecule has 1 aromatic heterocycles. The number of anilines is 3. The fraction of sp³-hybridized carbons (Fsp3) is 0.308. The van der Waals surface area contributed by atoms with E-state index < -0.39 is 18.1 Å². The molecule has 3 N–H and O–H groups in total. The molecule has 12 heteroatoms. The third-order valence-corrected chi connectivity index (χ3v) is 6.12. The highest BCUT2D eigenvalue weighted by Gasteiger charge is 2.22. The van der Waals surface area contributed by atoms with Crippen LogP contribution in [0.2, 0.25) is 0 Å². The Bertz CT molecular complexity index is 1300. The van der Waals surface area contributed by atoms with Crippen LogP contribution in [0.4, 0.5) is 22.4 Å². The van der Waals surface area contributed by atoms with E-state index in [1.54, 1.807) is 24.3 Å². The number of methoxy groups -OCH3 is 1. The van der Waals surface area contributed by atoms with Crippen LogP contribution in [-0.2, 0) is 22.5 Å². The van der Waals surface area contributed by atoms with Gasteiger partial charge in [-0.1, -0.05) is 24.3 Å². The number of aromatic nitrogens is 3. The predicted octanol–water partition coefficient (Wildman–Crippen LogP) is 2.48. The van der Waals surface area contributed by atoms with Crippen molar-refractivity contribution in [1.82, 2.24) is 24.8 Å². The van der Waals surface area contributed by atoms with Gasteiger partial charge in [0.25, 0.3) is 0 Å². The molecule has 12 nitrogen and oxygen atoms in total. The molecule has 0 saturated carbocycles. The first-order valence-electron chi connectivity index (χ1n) is 12.0. The number of esters is 1. The number of amides is 1. The molecule has 0 aliphatic carbocycles. The van der Waals surface area contributed by atoms with Gasteiger partial charge in [0.2, 0.25) is 11.9 Å². The second-order valence-corrected chi connectivity index (χ2v) is 8.74. The molecule has 3 aromatic rings. The Hall–Kier alpha value is -4.76. The van der Waals surface area contributed by atoms with Gasteiger partial charge >= 0.3 is 12.1 Å². The summed E-state index contributed by atoms with van der Waals surface area (Å²) in [6, 6.07) is 16.1. The molecule has 1 fully saturated rings. The second kappa shape index (κ2) is 12.5. The number of carbonyl (C=O) groups is 2. The van der Waals surface area contributed by atoms with Crippen LogP contribution in [-0.4, -0.2) is 81.3 Å². The van der Waals surface area contributed by atoms with Crippen LogP contribution < -0.4 is 10.6 Å². The molecule has 0 spiro atoms. The number of carboxylic acid groups (broad SMARTS) is 1. The highest BCUT2D eigenvalue weighted by atomic mass is 16.5. The molecular weight excluding hydrogens is 488 g/mol. The topological polar surface area (TPSA) is 157 Å². The van der Waals surface area contributed by atoms with E-state index in [1.807, 2.05) is 24.3 Å². The average molecular weight is 517 g/mol. The van der Waals surface area contributed by atoms with Crippen molar-refractivity contribution in [2.45, 2.75) is 19.0 Å². The standard InChI is InChI=1S/C26H28N8O4/c1-38-23(35)22(14-18-5-7-19(15-27)8-6-18)31-25-29-17-28-24(32-25)30-21-4-2-3-20(13-21)16-33-9-11-34(12-10-33)26(36)37/h2-8,13,17,22H,9-12,14,16H2,1H3,(H,36,37)(H2,28,29,30,31,32)/t22-/m0/s1. The monoisotopic (exact) mass is 516 g/mol. The number of nitrogens with one attached hydrogen (secondary N) is 2. The summed E-state index contributed by atoms with van der Waals surface area (Å²) in [6.07, 6.45) is 0.781. The number of nitrogens with zero attached hydrogens (tertiary/aromatic N) is 6. The summed E-state index contributed by atoms with van der Waals surface area (Å²) in [6.45, 7) is 3.03. The lowest BCUT2D eigenvalue weighted by Crippen LogP contribution is -2.47. The fourth-order valence-corrected chi connectivity index (χ4v) is 4.10. The Labute approximate surface area is 219 Å². The van der Waals surface area contributed by atoms with Gasteiger partial charge in [-0.2, -0.15) is 10.2 Å². The molecule has 2 aromatic carbocycles. The number of hydrogen-bond acceptors (Lipinski definition) is 10. The Morgan fingerprint density at radius 1 is 1.08 bits per heavy atom. The van der Waals surface area contributed by atoms with Gasteiger partial charge in [-0.15, -0.1) is 0 Å². The van der Waals surface area contributed by atoms with Crippen molar-refractivity contribution in [3.05, 3.63) is 71.5 Å². The lowest BCUT2D eigenvalue weighted by Gasteiger charge is -2.33. The number of hydrogen-bond donors (Lipinski definition) is 3. The summed E-state index contributed by atoms with van der Waals surface area (Å²) in [7, 11) is 1.31. The van der Waals surface area contributed by atoms with E-state index in [9.17, 15) is 9.59 Å². The summed E-state index contributed by atoms with van der Waals surface area (Å²) in [5.74, 6) is 0.0388. The highest BCUT2D eigenvalue weighted by molar-refractivity contribution is 5.79. The molecule has 1 aliphatic rings. The predicted molar refractivity (Wildman–Crippen MR) is 139 cm³/mol. The van der Waals surface area contributed by atoms with E-state index >= 15 is 0 Å². The summed E-state index contributed by atoms with van der Waals surface area (Å²) in [4.78, 5) is 39.9. The molecule has 0 bridgehead atoms. The number of benzene rings is 2. The van der Waals surface area contributed by atoms with Crippen LogP contribution in [0.5, 0.6) is 0 Å². The van der Waals surface area contributed by atoms with Gasteiger partial charge in [-0.05, 0) is 35.4 Å². The van der Waals surface area contributed by atoms with Crippen molar-refractivity contribution >= 4 is 29.6 Å². The smallest absolute Gasteiger partial charge is 0.407 e. The molecule has 4 rings (SSSR count). The maximum Gasteiger partial charge on any atom is 0.407 e. The van der Waals surface area contributed by atoms with Crippen molar-refractivity contribution < 1.29 is 19.4 Å². The SMILES string of the molecule is COC(=O)[C@H](Cc1ccc(C#N)cc1)Nc1ncnc(Nc2cccc(CN3CCN(C(=O)O)CC3)c2)n1. The van der Waals surface area contributed by atoms with Crippen molar-refractivity contribution in [2.24, 2.45) is 0 Å². The Morgan fingerprint density at radius 2 is 1.82 bits per heavy atom. The molecule has 0 unspecified atom stereocenters. The molecule has 1 saturated heterocycles. The van der Waals surface area contributed by atoms with Crippen LogP contribution in [0, 0.1) is 11.3 Å². The molecule has 1 atom stereocenters. The van der Waals surface area contributed by atoms with E-state index in [0.29, 0.717) is 50.7 Å². The minimum Gasteiger partial charge on any atom is -0.467 e. The van der Waals surface area contributed by atoms with Gasteiger partial charge in [0.15, 0.2) is 0 Å². The Balaban J connectivity index is 1.39. The number of ether oxygens (including phenoxy) is 1. The van der Waals surface area contributed by atoms with Crippen molar-refractivity contribution in [3.8, 4) is 6.07 Å². The molecule has 1 amide bonds. The third kappa shape index (κ3) is 7.14. The van der Waals surface area contributed by atoms with Gasteiger partial charge in [-0.25, -0.2) is 19.6 Å². The van der Waals surface area contributed by atoms with E-state index in [-0.39, 0.29) is 5.95 Å². The molecule has 196 valence electrons. The van der Waals surface area contributed by atoms with E-state index in [4.69, 9.17) is 15.1 Å². The van der Waals surface area contributed by atoms with Crippen molar-refractivity contribution in [3.63, 3.8) is 0 Å². The number of carbonyl (C=O) groups excluding carboxylic acids is 1. The summed E-state index contributed by atoms with van der Waals surface area (Å²) < 4.78 is 4.94. The van der Waals surface area contributed by atoms with Crippen molar-refractivity contribution in [1.29, 1.82) is 5.26 Å². The lowest BCUT2D eigenvalue weighted by molar-refractivity contribution is -0.141. The third-order valence-electron chi connectivity index (χ3n) is 6.12. The van der Waals surface area contributed by atoms with Crippen LogP contribution in [0.25, 0.3) is 0 Å². The number of rotatable bonds is 9. The van der Waals surface area contributed by atoms with Gasteiger partial charge in [0.1, 0.15) is 12.4 Å². The first-order valence-corrected chi connectivity index (χ1v) is 12.0. The van der Waals surface area contributed by atoms with E-state index in [2.05, 4.69) is 36.6 Å². The molecular formula is C26H28N8O4. The number of nitriles is 1. The van der Waals surface area contributed by atoms with E-state index in [1.165, 1.54) is 18.3 Å². The van der Waals surface area contributed by atoms with E-state index in [0.717, 1.165) is 16.8 Å². The number of piperazine rings is 1. The maximum absolute atomic E-state index is 12.4. The Morgan fingerprint density at radius 3 is 2.50 bits per heavy atom. The minimum atomic E-state index is -0.880. The molecule has 38 heavy (non-hydrogen) atoms. The van der Waals surface area contributed by atoms with Crippen LogP contribution in [0.1, 0.15) is 16.7 Å². The van der Waals surface area contributed by atoms with Gasteiger partial charge in [-0.3, -0.25) is 4.90 Å². The average Bonchev–Trinajstić information content (AvgIpc) is 2.93. The Kier molecular flexibility index (Phi) is 8.63. The van der Waals surface area contributed by atoms with Crippen molar-refractivity contribution in [2.75, 3.05) is 43.9 Å². The van der Waals surface area contributed by atoms with Crippen LogP contribution >= 0.6 is 0 Å². The quantitative estimate of drug-likeness (QED) is 0.359. The molecule has 0 radical (unpaired) electrons. The second-order valence-electron chi connectivity index (χ2n) is 8.74. The van der Waals surface area contributed by atoms with Gasteiger partial charge < -0.3 is 25.4 Å². The van der Waals surface area contributed by atoms with Crippen LogP contribution in [0.3, 0.4) is 0 Å². The summed E-state index contributed by atoms with van der Waals surface area (Å²) >= 11 is 0. The minimum absolute atomic E-state index is 0.207. The highest BCUT2D eigenvalue weighted by Crippen LogP contribution is 2.18. The largest absolute Gasteiger partial charge is 0.467 e. The zero-order valence-corrected chi connectivity index (χ0v) is 20.9. The first kappa shape index (κ1) is 26.3. The van der Waals surface area contributed by atoms with Gasteiger partial charge in [0.05, 0.1) is 18.7 Å². The summed E-state index contributed by atoms with van der Waals surface area (Å²) in [5.41, 5.74) is 3.24.